The van der Waals surface area contributed by atoms with Crippen molar-refractivity contribution in [1.29, 1.82) is 0 Å². The van der Waals surface area contributed by atoms with Gasteiger partial charge in [-0.2, -0.15) is 0 Å². The van der Waals surface area contributed by atoms with Crippen molar-refractivity contribution < 1.29 is 8.42 Å². The van der Waals surface area contributed by atoms with Gasteiger partial charge in [-0.05, 0) is 17.0 Å². The van der Waals surface area contributed by atoms with E-state index in [1.807, 2.05) is 11.4 Å². The monoisotopic (exact) mass is 160 g/mol. The van der Waals surface area contributed by atoms with Crippen LogP contribution in [0.5, 0.6) is 0 Å². The van der Waals surface area contributed by atoms with Gasteiger partial charge in [-0.3, -0.25) is 0 Å². The molecule has 1 aliphatic rings. The topological polar surface area (TPSA) is 34.1 Å². The van der Waals surface area contributed by atoms with Crippen molar-refractivity contribution in [3.05, 3.63) is 17.0 Å². The summed E-state index contributed by atoms with van der Waals surface area (Å²) in [6, 6.07) is 1.86. The van der Waals surface area contributed by atoms with Crippen LogP contribution in [0, 0.1) is 0 Å². The molecule has 1 aromatic heterocycles. The molecule has 0 aromatic carbocycles. The lowest BCUT2D eigenvalue weighted by molar-refractivity contribution is 0.589. The number of fused-ring (bicyclic) bond motifs is 1. The average molecular weight is 160 g/mol. The summed E-state index contributed by atoms with van der Waals surface area (Å²) in [5.41, 5.74) is 0.986. The standard InChI is InChI=1S/C5H4O2S2/c6-9(7)3-4-1-2-8-5(4)9/h1-2H,3H2. The molecule has 0 bridgehead atoms. The van der Waals surface area contributed by atoms with Crippen molar-refractivity contribution in [2.75, 3.05) is 0 Å². The van der Waals surface area contributed by atoms with Crippen LogP contribution in [0.15, 0.2) is 15.7 Å². The molecular weight excluding hydrogens is 156 g/mol. The Labute approximate surface area is 57.1 Å². The molecule has 0 saturated heterocycles. The fourth-order valence-electron chi connectivity index (χ4n) is 0.892. The van der Waals surface area contributed by atoms with E-state index in [4.69, 9.17) is 0 Å². The van der Waals surface area contributed by atoms with Crippen molar-refractivity contribution >= 4 is 21.2 Å². The molecule has 0 atom stereocenters. The zero-order valence-corrected chi connectivity index (χ0v) is 6.13. The van der Waals surface area contributed by atoms with Crippen molar-refractivity contribution in [3.63, 3.8) is 0 Å². The normalized spacial score (nSPS) is 20.4. The third-order valence-corrected chi connectivity index (χ3v) is 4.65. The van der Waals surface area contributed by atoms with Gasteiger partial charge in [0.15, 0.2) is 9.84 Å². The van der Waals surface area contributed by atoms with Gasteiger partial charge in [-0.15, -0.1) is 11.3 Å². The fraction of sp³-hybridized carbons (Fsp3) is 0.200. The van der Waals surface area contributed by atoms with Gasteiger partial charge < -0.3 is 0 Å². The molecule has 2 rings (SSSR count). The summed E-state index contributed by atoms with van der Waals surface area (Å²) < 4.78 is 22.1. The van der Waals surface area contributed by atoms with Crippen molar-refractivity contribution in [2.45, 2.75) is 9.96 Å². The molecule has 9 heavy (non-hydrogen) atoms. The predicted octanol–water partition coefficient (Wildman–Crippen LogP) is 1.04. The summed E-state index contributed by atoms with van der Waals surface area (Å²) in [6.07, 6.45) is 0. The van der Waals surface area contributed by atoms with Crippen LogP contribution in [0.25, 0.3) is 0 Å². The Balaban J connectivity index is 2.80. The summed E-state index contributed by atoms with van der Waals surface area (Å²) >= 11 is 1.31. The quantitative estimate of drug-likeness (QED) is 0.568. The van der Waals surface area contributed by atoms with Gasteiger partial charge in [0.2, 0.25) is 0 Å². The van der Waals surface area contributed by atoms with Crippen molar-refractivity contribution in [2.24, 2.45) is 0 Å². The van der Waals surface area contributed by atoms with Crippen LogP contribution < -0.4 is 0 Å². The molecule has 0 radical (unpaired) electrons. The Hall–Kier alpha value is -0.350. The smallest absolute Gasteiger partial charge is 0.192 e. The van der Waals surface area contributed by atoms with Gasteiger partial charge in [0.25, 0.3) is 0 Å². The van der Waals surface area contributed by atoms with Gasteiger partial charge >= 0.3 is 0 Å². The molecule has 4 heteroatoms. The van der Waals surface area contributed by atoms with Crippen LogP contribution in [0.2, 0.25) is 0 Å². The highest BCUT2D eigenvalue weighted by Gasteiger charge is 2.31. The Bertz CT molecular complexity index is 334. The highest BCUT2D eigenvalue weighted by atomic mass is 32.2. The van der Waals surface area contributed by atoms with Gasteiger partial charge in [0.05, 0.1) is 5.75 Å². The maximum atomic E-state index is 10.8. The second kappa shape index (κ2) is 1.38. The first kappa shape index (κ1) is 5.44. The number of hydrogen-bond donors (Lipinski definition) is 0. The SMILES string of the molecule is O=S1(=O)Cc2ccsc21. The van der Waals surface area contributed by atoms with E-state index in [0.717, 1.165) is 5.56 Å². The molecule has 0 aliphatic carbocycles. The van der Waals surface area contributed by atoms with E-state index in [-0.39, 0.29) is 5.75 Å². The second-order valence-corrected chi connectivity index (χ2v) is 5.09. The minimum absolute atomic E-state index is 0.256. The lowest BCUT2D eigenvalue weighted by Crippen LogP contribution is -2.14. The first-order valence-corrected chi connectivity index (χ1v) is 5.02. The highest BCUT2D eigenvalue weighted by molar-refractivity contribution is 7.94. The zero-order valence-electron chi connectivity index (χ0n) is 4.49. The van der Waals surface area contributed by atoms with Gasteiger partial charge in [0.1, 0.15) is 4.21 Å². The van der Waals surface area contributed by atoms with E-state index in [9.17, 15) is 8.42 Å². The van der Waals surface area contributed by atoms with E-state index >= 15 is 0 Å². The summed E-state index contributed by atoms with van der Waals surface area (Å²) in [7, 11) is -2.78. The van der Waals surface area contributed by atoms with Gasteiger partial charge in [-0.1, -0.05) is 0 Å². The molecule has 0 unspecified atom stereocenters. The van der Waals surface area contributed by atoms with E-state index in [0.29, 0.717) is 4.21 Å². The Morgan fingerprint density at radius 1 is 1.56 bits per heavy atom. The second-order valence-electron chi connectivity index (χ2n) is 1.99. The van der Waals surface area contributed by atoms with Crippen molar-refractivity contribution in [1.82, 2.24) is 0 Å². The van der Waals surface area contributed by atoms with Crippen LogP contribution >= 0.6 is 11.3 Å². The van der Waals surface area contributed by atoms with Crippen LogP contribution in [-0.2, 0) is 15.6 Å². The highest BCUT2D eigenvalue weighted by Crippen LogP contribution is 2.35. The van der Waals surface area contributed by atoms with Crippen LogP contribution in [-0.4, -0.2) is 8.42 Å². The summed E-state index contributed by atoms with van der Waals surface area (Å²) in [4.78, 5) is 0. The van der Waals surface area contributed by atoms with Gasteiger partial charge in [0, 0.05) is 0 Å². The minimum Gasteiger partial charge on any atom is -0.223 e. The summed E-state index contributed by atoms with van der Waals surface area (Å²) in [6.45, 7) is 0. The third-order valence-electron chi connectivity index (χ3n) is 1.33. The largest absolute Gasteiger partial charge is 0.223 e. The van der Waals surface area contributed by atoms with E-state index in [1.165, 1.54) is 11.3 Å². The molecule has 0 saturated carbocycles. The van der Waals surface area contributed by atoms with E-state index < -0.39 is 9.84 Å². The zero-order chi connectivity index (χ0) is 6.48. The third kappa shape index (κ3) is 0.573. The minimum atomic E-state index is -2.78. The Morgan fingerprint density at radius 2 is 2.33 bits per heavy atom. The first-order valence-electron chi connectivity index (χ1n) is 2.49. The predicted molar refractivity (Wildman–Crippen MR) is 35.2 cm³/mol. The number of rotatable bonds is 0. The van der Waals surface area contributed by atoms with E-state index in [2.05, 4.69) is 0 Å². The molecule has 2 heterocycles. The molecule has 1 aromatic rings. The summed E-state index contributed by atoms with van der Waals surface area (Å²) in [5.74, 6) is 0.256. The van der Waals surface area contributed by atoms with Crippen molar-refractivity contribution in [3.8, 4) is 0 Å². The maximum absolute atomic E-state index is 10.8. The molecule has 0 N–H and O–H groups in total. The maximum Gasteiger partial charge on any atom is 0.192 e. The molecule has 48 valence electrons. The fourth-order valence-corrected chi connectivity index (χ4v) is 3.63. The Morgan fingerprint density at radius 3 is 2.78 bits per heavy atom. The summed E-state index contributed by atoms with van der Waals surface area (Å²) in [5, 5.41) is 1.81. The molecule has 0 spiro atoms. The molecule has 2 nitrogen and oxygen atoms in total. The number of thiophene rings is 1. The molecule has 0 amide bonds. The van der Waals surface area contributed by atoms with Crippen LogP contribution in [0.1, 0.15) is 5.56 Å². The number of sulfone groups is 1. The first-order chi connectivity index (χ1) is 4.20. The van der Waals surface area contributed by atoms with Crippen LogP contribution in [0.3, 0.4) is 0 Å². The average Bonchev–Trinajstić information content (AvgIpc) is 2.10. The Kier molecular flexibility index (Phi) is 0.834. The van der Waals surface area contributed by atoms with Gasteiger partial charge in [-0.25, -0.2) is 8.42 Å². The number of hydrogen-bond acceptors (Lipinski definition) is 3. The molecular formula is C5H4O2S2. The van der Waals surface area contributed by atoms with Crippen LogP contribution in [0.4, 0.5) is 0 Å². The lowest BCUT2D eigenvalue weighted by Gasteiger charge is -2.11. The molecule has 0 fully saturated rings. The molecule has 1 aliphatic heterocycles. The lowest BCUT2D eigenvalue weighted by atomic mass is 10.4. The van der Waals surface area contributed by atoms with E-state index in [1.54, 1.807) is 0 Å².